The molecule has 0 bridgehead atoms. The van der Waals surface area contributed by atoms with Gasteiger partial charge < -0.3 is 26.0 Å². The number of anilines is 1. The Morgan fingerprint density at radius 1 is 1.07 bits per heavy atom. The van der Waals surface area contributed by atoms with Crippen LogP contribution < -0.4 is 11.1 Å². The molecule has 0 aliphatic heterocycles. The van der Waals surface area contributed by atoms with E-state index in [2.05, 4.69) is 5.32 Å². The Morgan fingerprint density at radius 2 is 1.67 bits per heavy atom. The maximum atomic E-state index is 13.9. The fourth-order valence-electron chi connectivity index (χ4n) is 3.36. The maximum absolute atomic E-state index is 13.9. The summed E-state index contributed by atoms with van der Waals surface area (Å²) in [4.78, 5) is 32.4. The van der Waals surface area contributed by atoms with Gasteiger partial charge in [-0.2, -0.15) is 13.2 Å². The largest absolute Gasteiger partial charge is 0.490 e. The third kappa shape index (κ3) is 8.78. The molecule has 0 aliphatic carbocycles. The molecule has 17 heteroatoms. The summed E-state index contributed by atoms with van der Waals surface area (Å²) in [5.74, 6) is -4.94. The van der Waals surface area contributed by atoms with Gasteiger partial charge in [-0.05, 0) is 36.4 Å². The Kier molecular flexibility index (Phi) is 11.7. The van der Waals surface area contributed by atoms with Crippen LogP contribution in [0.15, 0.2) is 62.5 Å². The monoisotopic (exact) mass is 647 g/mol. The van der Waals surface area contributed by atoms with Crippen molar-refractivity contribution in [2.24, 2.45) is 5.73 Å². The van der Waals surface area contributed by atoms with Crippen molar-refractivity contribution in [3.8, 4) is 11.1 Å². The van der Waals surface area contributed by atoms with Gasteiger partial charge in [0.15, 0.2) is 0 Å². The highest BCUT2D eigenvalue weighted by Crippen LogP contribution is 2.42. The van der Waals surface area contributed by atoms with Gasteiger partial charge in [0.25, 0.3) is 0 Å². The smallest absolute Gasteiger partial charge is 0.480 e. The van der Waals surface area contributed by atoms with Gasteiger partial charge in [0.2, 0.25) is 15.7 Å². The second-order valence-corrected chi connectivity index (χ2v) is 12.1. The molecule has 0 unspecified atom stereocenters. The van der Waals surface area contributed by atoms with Crippen molar-refractivity contribution in [1.29, 1.82) is 5.41 Å². The molecule has 0 saturated carbocycles. The number of nitrogens with one attached hydrogen (secondary N) is 2. The molecule has 226 valence electrons. The van der Waals surface area contributed by atoms with E-state index < -0.39 is 47.1 Å². The minimum Gasteiger partial charge on any atom is -0.480 e. The van der Waals surface area contributed by atoms with Crippen molar-refractivity contribution in [1.82, 2.24) is 0 Å². The molecule has 0 fully saturated rings. The Labute approximate surface area is 245 Å². The number of amides is 1. The van der Waals surface area contributed by atoms with E-state index in [1.165, 1.54) is 23.9 Å². The molecular formula is C25H24F3N3O8S3. The number of alkyl halides is 3. The van der Waals surface area contributed by atoms with E-state index in [0.29, 0.717) is 20.2 Å². The summed E-state index contributed by atoms with van der Waals surface area (Å²) in [5.41, 5.74) is 7.56. The number of sulfone groups is 1. The number of thiophene rings is 1. The van der Waals surface area contributed by atoms with E-state index >= 15 is 0 Å². The highest BCUT2D eigenvalue weighted by atomic mass is 32.2. The Morgan fingerprint density at radius 3 is 2.17 bits per heavy atom. The number of carboxylic acids is 2. The van der Waals surface area contributed by atoms with Gasteiger partial charge in [-0.25, -0.2) is 18.0 Å². The van der Waals surface area contributed by atoms with Gasteiger partial charge in [-0.1, -0.05) is 36.4 Å². The molecule has 1 amide bonds. The van der Waals surface area contributed by atoms with Crippen molar-refractivity contribution in [3.05, 3.63) is 59.0 Å². The summed E-state index contributed by atoms with van der Waals surface area (Å²) in [6.07, 6.45) is -3.36. The number of aryl methyl sites for hydroxylation is 1. The van der Waals surface area contributed by atoms with Gasteiger partial charge in [-0.3, -0.25) is 10.2 Å². The molecular weight excluding hydrogens is 623 g/mol. The van der Waals surface area contributed by atoms with Crippen molar-refractivity contribution >= 4 is 62.3 Å². The predicted molar refractivity (Wildman–Crippen MR) is 150 cm³/mol. The summed E-state index contributed by atoms with van der Waals surface area (Å²) in [5, 5.41) is 26.2. The third-order valence-corrected chi connectivity index (χ3v) is 9.48. The van der Waals surface area contributed by atoms with Crippen LogP contribution in [0.1, 0.15) is 10.4 Å². The molecule has 1 heterocycles. The van der Waals surface area contributed by atoms with E-state index in [0.717, 1.165) is 16.9 Å². The fourth-order valence-corrected chi connectivity index (χ4v) is 7.37. The van der Waals surface area contributed by atoms with E-state index in [1.54, 1.807) is 43.5 Å². The zero-order chi connectivity index (χ0) is 31.8. The first kappa shape index (κ1) is 34.3. The first-order chi connectivity index (χ1) is 19.5. The molecule has 2 aromatic carbocycles. The number of nitrogen functional groups attached to an aromatic ring is 1. The van der Waals surface area contributed by atoms with Crippen molar-refractivity contribution in [3.63, 3.8) is 0 Å². The first-order valence-electron chi connectivity index (χ1n) is 11.4. The maximum Gasteiger partial charge on any atom is 0.490 e. The number of nitrogens with two attached hydrogens (primary N) is 1. The Balaban J connectivity index is 0.000000782. The number of ether oxygens (including phenoxy) is 1. The van der Waals surface area contributed by atoms with E-state index in [1.807, 2.05) is 6.07 Å². The van der Waals surface area contributed by atoms with Crippen LogP contribution >= 0.6 is 23.1 Å². The number of amidine groups is 1. The molecule has 0 saturated heterocycles. The van der Waals surface area contributed by atoms with Crippen molar-refractivity contribution < 1.29 is 50.9 Å². The summed E-state index contributed by atoms with van der Waals surface area (Å²) >= 11 is 2.31. The van der Waals surface area contributed by atoms with Gasteiger partial charge in [0, 0.05) is 5.56 Å². The van der Waals surface area contributed by atoms with Gasteiger partial charge in [0.1, 0.15) is 19.0 Å². The van der Waals surface area contributed by atoms with Crippen LogP contribution in [0.4, 0.5) is 18.9 Å². The van der Waals surface area contributed by atoms with Crippen LogP contribution in [0.2, 0.25) is 0 Å². The summed E-state index contributed by atoms with van der Waals surface area (Å²) in [6.45, 7) is 0.551. The number of carbonyl (C=O) groups excluding carboxylic acids is 1. The lowest BCUT2D eigenvalue weighted by atomic mass is 9.98. The third-order valence-electron chi connectivity index (χ3n) is 5.10. The van der Waals surface area contributed by atoms with Crippen molar-refractivity contribution in [2.75, 3.05) is 24.8 Å². The normalized spacial score (nSPS) is 11.3. The van der Waals surface area contributed by atoms with Crippen LogP contribution in [0.3, 0.4) is 0 Å². The number of benzene rings is 2. The minimum absolute atomic E-state index is 0.0132. The molecule has 6 N–H and O–H groups in total. The van der Waals surface area contributed by atoms with Crippen LogP contribution in [0, 0.1) is 12.3 Å². The first-order valence-corrected chi connectivity index (χ1v) is 14.9. The molecule has 1 aromatic heterocycles. The Bertz CT molecular complexity index is 1590. The molecule has 0 spiro atoms. The standard InChI is InChI=1S/C23H23N3O6S3.C2HF3O2/c1-13-8-9-16(35(30,31)17-10-15(22(24)25)34-23(17)33-2)21(20(13)14-6-4-3-5-7-14)26-18(27)11-32-12-19(28)29;3-2(4,5)1(6)7/h3-10H,11-12H2,1-2H3,(H3,24,25)(H,26,27)(H,28,29);(H,6,7). The van der Waals surface area contributed by atoms with Gasteiger partial charge >= 0.3 is 18.1 Å². The highest BCUT2D eigenvalue weighted by Gasteiger charge is 2.38. The van der Waals surface area contributed by atoms with Gasteiger partial charge in [-0.15, -0.1) is 23.1 Å². The van der Waals surface area contributed by atoms with E-state index in [4.69, 9.17) is 30.9 Å². The number of carboxylic acid groups (broad SMARTS) is 2. The topological polar surface area (TPSA) is 197 Å². The lowest BCUT2D eigenvalue weighted by molar-refractivity contribution is -0.192. The van der Waals surface area contributed by atoms with E-state index in [-0.39, 0.29) is 21.3 Å². The number of aliphatic carboxylic acids is 2. The average molecular weight is 648 g/mol. The predicted octanol–water partition coefficient (Wildman–Crippen LogP) is 4.24. The Hall–Kier alpha value is -3.93. The van der Waals surface area contributed by atoms with E-state index in [9.17, 15) is 31.2 Å². The summed E-state index contributed by atoms with van der Waals surface area (Å²) in [7, 11) is -4.16. The zero-order valence-corrected chi connectivity index (χ0v) is 24.3. The number of rotatable bonds is 10. The molecule has 3 rings (SSSR count). The molecule has 11 nitrogen and oxygen atoms in total. The van der Waals surface area contributed by atoms with Gasteiger partial charge in [0.05, 0.1) is 24.6 Å². The number of thioether (sulfide) groups is 1. The number of hydrogen-bond acceptors (Lipinski definition) is 9. The van der Waals surface area contributed by atoms with Crippen LogP contribution in [0.25, 0.3) is 11.1 Å². The number of hydrogen-bond donors (Lipinski definition) is 5. The second kappa shape index (κ2) is 14.3. The molecule has 0 aliphatic rings. The van der Waals surface area contributed by atoms with Crippen molar-refractivity contribution in [2.45, 2.75) is 27.1 Å². The SMILES string of the molecule is CSc1sc(C(=N)N)cc1S(=O)(=O)c1ccc(C)c(-c2ccccc2)c1NC(=O)COCC(=O)O.O=C(O)C(F)(F)F. The lowest BCUT2D eigenvalue weighted by Crippen LogP contribution is -2.22. The number of carbonyl (C=O) groups is 3. The minimum atomic E-state index is -5.08. The van der Waals surface area contributed by atoms with Crippen LogP contribution in [-0.2, 0) is 29.0 Å². The summed E-state index contributed by atoms with van der Waals surface area (Å²) in [6, 6.07) is 13.4. The number of halogens is 3. The second-order valence-electron chi connectivity index (χ2n) is 8.12. The molecule has 3 aromatic rings. The fraction of sp³-hybridized carbons (Fsp3) is 0.200. The van der Waals surface area contributed by atoms with Crippen LogP contribution in [-0.4, -0.2) is 68.0 Å². The lowest BCUT2D eigenvalue weighted by Gasteiger charge is -2.19. The average Bonchev–Trinajstić information content (AvgIpc) is 3.35. The molecule has 0 atom stereocenters. The van der Waals surface area contributed by atoms with Crippen LogP contribution in [0.5, 0.6) is 0 Å². The quantitative estimate of drug-likeness (QED) is 0.121. The molecule has 0 radical (unpaired) electrons. The molecule has 42 heavy (non-hydrogen) atoms. The zero-order valence-electron chi connectivity index (χ0n) is 21.8. The highest BCUT2D eigenvalue weighted by molar-refractivity contribution is 8.01. The summed E-state index contributed by atoms with van der Waals surface area (Å²) < 4.78 is 64.8.